The van der Waals surface area contributed by atoms with E-state index >= 15 is 0 Å². The van der Waals surface area contributed by atoms with E-state index in [0.29, 0.717) is 11.4 Å². The van der Waals surface area contributed by atoms with E-state index in [-0.39, 0.29) is 48.5 Å². The number of aromatic nitrogens is 3. The van der Waals surface area contributed by atoms with Gasteiger partial charge in [-0.2, -0.15) is 0 Å². The topological polar surface area (TPSA) is 50.9 Å². The van der Waals surface area contributed by atoms with Gasteiger partial charge in [-0.3, -0.25) is 9.55 Å². The number of benzene rings is 7. The molecule has 70 heavy (non-hydrogen) atoms. The maximum Gasteiger partial charge on any atom is 0.148 e. The summed E-state index contributed by atoms with van der Waals surface area (Å²) in [4.78, 5) is 10.7. The molecule has 1 N–H and O–H groups in total. The largest absolute Gasteiger partial charge is 0.507 e. The number of para-hydroxylation sites is 1. The van der Waals surface area contributed by atoms with Gasteiger partial charge in [-0.1, -0.05) is 209 Å². The second-order valence-electron chi connectivity index (χ2n) is 22.5. The van der Waals surface area contributed by atoms with Crippen LogP contribution in [-0.4, -0.2) is 19.6 Å². The number of pyridine rings is 1. The van der Waals surface area contributed by atoms with Gasteiger partial charge in [-0.25, -0.2) is 4.98 Å². The number of phenols is 1. The third-order valence-corrected chi connectivity index (χ3v) is 14.1. The van der Waals surface area contributed by atoms with Crippen molar-refractivity contribution in [2.45, 2.75) is 111 Å². The van der Waals surface area contributed by atoms with Crippen LogP contribution in [0.1, 0.15) is 112 Å². The van der Waals surface area contributed by atoms with E-state index in [1.54, 1.807) is 0 Å². The number of nitrogens with zero attached hydrogens (tertiary/aromatic N) is 3. The summed E-state index contributed by atoms with van der Waals surface area (Å²) in [5.41, 5.74) is 17.7. The molecule has 0 aliphatic rings. The van der Waals surface area contributed by atoms with E-state index in [4.69, 9.17) is 9.97 Å². The normalized spacial score (nSPS) is 12.3. The summed E-state index contributed by atoms with van der Waals surface area (Å²) >= 11 is 0. The van der Waals surface area contributed by atoms with Crippen molar-refractivity contribution in [1.29, 1.82) is 0 Å². The average Bonchev–Trinajstić information content (AvgIpc) is 3.73. The molecule has 9 rings (SSSR count). The van der Waals surface area contributed by atoms with Crippen molar-refractivity contribution < 1.29 is 26.2 Å². The Morgan fingerprint density at radius 3 is 1.69 bits per heavy atom. The minimum atomic E-state index is -0.333. The number of aromatic hydroxyl groups is 1. The van der Waals surface area contributed by atoms with Crippen LogP contribution < -0.4 is 0 Å². The molecule has 0 saturated heterocycles. The third kappa shape index (κ3) is 9.86. The van der Waals surface area contributed by atoms with Crippen molar-refractivity contribution in [3.63, 3.8) is 0 Å². The van der Waals surface area contributed by atoms with Gasteiger partial charge in [-0.15, -0.1) is 29.3 Å². The molecule has 0 radical (unpaired) electrons. The summed E-state index contributed by atoms with van der Waals surface area (Å²) in [7, 11) is 0. The van der Waals surface area contributed by atoms with Crippen molar-refractivity contribution in [2.75, 3.05) is 0 Å². The van der Waals surface area contributed by atoms with Crippen LogP contribution in [0.15, 0.2) is 164 Å². The number of imidazole rings is 1. The smallest absolute Gasteiger partial charge is 0.148 e. The average molecular weight is 1100 g/mol. The van der Waals surface area contributed by atoms with Gasteiger partial charge in [0.2, 0.25) is 0 Å². The van der Waals surface area contributed by atoms with Crippen LogP contribution in [0.5, 0.6) is 5.75 Å². The molecule has 9 aromatic rings. The van der Waals surface area contributed by atoms with Gasteiger partial charge in [0.15, 0.2) is 0 Å². The Morgan fingerprint density at radius 1 is 0.500 bits per heavy atom. The monoisotopic (exact) mass is 1100 g/mol. The molecular weight excluding hydrogens is 1030 g/mol. The molecule has 0 bridgehead atoms. The van der Waals surface area contributed by atoms with Crippen LogP contribution in [0.2, 0.25) is 0 Å². The van der Waals surface area contributed by atoms with E-state index in [1.165, 1.54) is 22.3 Å². The molecule has 0 amide bonds. The minimum Gasteiger partial charge on any atom is -0.507 e. The van der Waals surface area contributed by atoms with Crippen LogP contribution >= 0.6 is 0 Å². The van der Waals surface area contributed by atoms with Gasteiger partial charge < -0.3 is 5.11 Å². The van der Waals surface area contributed by atoms with E-state index in [9.17, 15) is 5.11 Å². The molecule has 0 aliphatic carbocycles. The van der Waals surface area contributed by atoms with Crippen molar-refractivity contribution in [2.24, 2.45) is 0 Å². The summed E-state index contributed by atoms with van der Waals surface area (Å²) in [5, 5.41) is 12.6. The molecule has 5 heteroatoms. The standard InChI is InChI=1S/C65H66N3O.Pt/c1-13-65(11,12)49-31-32-57(53(39-49)45-23-18-15-19-24-45)68-58-26-20-25-52(59(58)67-61(68)54-40-51(63(5,6)7)41-55(60(54)69)64(8,9)10)47-35-48(37-50(36-47)62(2,3)4)56-38-46(33-34-66-56)44-29-27-43(28-30-44)42-21-16-14-17-22-42;/h14-34,36-41,69H,13H2,1-12H3;/q-1;. The maximum absolute atomic E-state index is 12.6. The van der Waals surface area contributed by atoms with Gasteiger partial charge in [0.1, 0.15) is 11.6 Å². The van der Waals surface area contributed by atoms with Crippen molar-refractivity contribution >= 4 is 11.0 Å². The Morgan fingerprint density at radius 2 is 1.07 bits per heavy atom. The quantitative estimate of drug-likeness (QED) is 0.147. The Labute approximate surface area is 431 Å². The molecule has 4 nitrogen and oxygen atoms in total. The Bertz CT molecular complexity index is 3320. The fraction of sp³-hybridized carbons (Fsp3) is 0.262. The number of phenolic OH excluding ortho intramolecular Hbond substituents is 1. The Hall–Kier alpha value is -6.35. The van der Waals surface area contributed by atoms with Crippen LogP contribution in [-0.2, 0) is 42.7 Å². The Kier molecular flexibility index (Phi) is 13.7. The first-order valence-corrected chi connectivity index (χ1v) is 24.5. The zero-order chi connectivity index (χ0) is 49.0. The number of rotatable bonds is 9. The second kappa shape index (κ2) is 19.1. The first-order valence-electron chi connectivity index (χ1n) is 24.5. The molecule has 0 saturated carbocycles. The van der Waals surface area contributed by atoms with Gasteiger partial charge in [-0.05, 0) is 97.4 Å². The molecule has 0 unspecified atom stereocenters. The summed E-state index contributed by atoms with van der Waals surface area (Å²) in [6.45, 7) is 26.9. The second-order valence-corrected chi connectivity index (χ2v) is 22.5. The molecule has 7 aromatic carbocycles. The van der Waals surface area contributed by atoms with Gasteiger partial charge in [0, 0.05) is 44.1 Å². The fourth-order valence-electron chi connectivity index (χ4n) is 9.28. The van der Waals surface area contributed by atoms with E-state index in [2.05, 4.69) is 245 Å². The molecular formula is C65H66N3OPt-. The van der Waals surface area contributed by atoms with Gasteiger partial charge in [0.25, 0.3) is 0 Å². The van der Waals surface area contributed by atoms with Gasteiger partial charge >= 0.3 is 0 Å². The summed E-state index contributed by atoms with van der Waals surface area (Å²) < 4.78 is 2.29. The summed E-state index contributed by atoms with van der Waals surface area (Å²) in [6, 6.07) is 60.3. The molecule has 0 aliphatic heterocycles. The Balaban J connectivity index is 0.00000659. The number of fused-ring (bicyclic) bond motifs is 1. The first-order chi connectivity index (χ1) is 32.7. The maximum atomic E-state index is 12.6. The van der Waals surface area contributed by atoms with Crippen LogP contribution in [0.3, 0.4) is 0 Å². The number of hydrogen-bond donors (Lipinski definition) is 1. The van der Waals surface area contributed by atoms with E-state index in [1.807, 2.05) is 12.3 Å². The summed E-state index contributed by atoms with van der Waals surface area (Å²) in [5.74, 6) is 0.939. The minimum absolute atomic E-state index is 0. The molecule has 0 fully saturated rings. The fourth-order valence-corrected chi connectivity index (χ4v) is 9.28. The molecule has 2 aromatic heterocycles. The molecule has 0 atom stereocenters. The molecule has 0 spiro atoms. The van der Waals surface area contributed by atoms with E-state index in [0.717, 1.165) is 78.9 Å². The molecule has 358 valence electrons. The van der Waals surface area contributed by atoms with Crippen LogP contribution in [0.4, 0.5) is 0 Å². The number of hydrogen-bond acceptors (Lipinski definition) is 3. The predicted molar refractivity (Wildman–Crippen MR) is 291 cm³/mol. The summed E-state index contributed by atoms with van der Waals surface area (Å²) in [6.07, 6.45) is 2.91. The SMILES string of the molecule is CCC(C)(C)c1ccc(-n2c(-c3cc(C(C)(C)C)cc(C(C)(C)C)c3O)nc3c(-c4[c-]c(-c5cc(-c6ccc(-c7ccccc7)cc6)ccn5)cc(C(C)(C)C)c4)cccc32)c(-c2ccccc2)c1.[Pt]. The van der Waals surface area contributed by atoms with Gasteiger partial charge in [0.05, 0.1) is 22.3 Å². The van der Waals surface area contributed by atoms with Crippen molar-refractivity contribution in [3.8, 4) is 78.6 Å². The molecule has 2 heterocycles. The zero-order valence-corrected chi connectivity index (χ0v) is 45.2. The third-order valence-electron chi connectivity index (χ3n) is 14.1. The predicted octanol–water partition coefficient (Wildman–Crippen LogP) is 17.5. The zero-order valence-electron chi connectivity index (χ0n) is 42.9. The van der Waals surface area contributed by atoms with E-state index < -0.39 is 0 Å². The van der Waals surface area contributed by atoms with Crippen LogP contribution in [0.25, 0.3) is 83.9 Å². The van der Waals surface area contributed by atoms with Crippen molar-refractivity contribution in [1.82, 2.24) is 14.5 Å². The van der Waals surface area contributed by atoms with Crippen molar-refractivity contribution in [3.05, 3.63) is 192 Å². The van der Waals surface area contributed by atoms with Crippen LogP contribution in [0, 0.1) is 6.07 Å². The first kappa shape index (κ1) is 50.0.